The van der Waals surface area contributed by atoms with Crippen LogP contribution in [0.25, 0.3) is 0 Å². The van der Waals surface area contributed by atoms with Crippen molar-refractivity contribution in [1.82, 2.24) is 5.32 Å². The van der Waals surface area contributed by atoms with Gasteiger partial charge in [0.1, 0.15) is 0 Å². The van der Waals surface area contributed by atoms with E-state index in [1.807, 2.05) is 0 Å². The zero-order chi connectivity index (χ0) is 12.7. The molecule has 17 heavy (non-hydrogen) atoms. The predicted octanol–water partition coefficient (Wildman–Crippen LogP) is 2.50. The van der Waals surface area contributed by atoms with Gasteiger partial charge in [0.25, 0.3) is 0 Å². The summed E-state index contributed by atoms with van der Waals surface area (Å²) < 4.78 is 4.93. The lowest BCUT2D eigenvalue weighted by Crippen LogP contribution is -2.57. The van der Waals surface area contributed by atoms with Crippen molar-refractivity contribution in [2.75, 3.05) is 6.61 Å². The second kappa shape index (κ2) is 6.79. The van der Waals surface area contributed by atoms with Crippen molar-refractivity contribution in [1.29, 1.82) is 0 Å². The molecule has 0 aromatic rings. The summed E-state index contributed by atoms with van der Waals surface area (Å²) in [6, 6.07) is 0. The molecule has 1 amide bonds. The largest absolute Gasteiger partial charge is 0.450 e. The van der Waals surface area contributed by atoms with Gasteiger partial charge >= 0.3 is 6.09 Å². The van der Waals surface area contributed by atoms with Gasteiger partial charge < -0.3 is 15.8 Å². The van der Waals surface area contributed by atoms with Crippen LogP contribution in [0.3, 0.4) is 0 Å². The molecule has 0 aliphatic heterocycles. The van der Waals surface area contributed by atoms with Gasteiger partial charge in [-0.3, -0.25) is 0 Å². The topological polar surface area (TPSA) is 64.3 Å². The minimum Gasteiger partial charge on any atom is -0.450 e. The lowest BCUT2D eigenvalue weighted by Gasteiger charge is -2.34. The van der Waals surface area contributed by atoms with Crippen LogP contribution in [0.1, 0.15) is 51.9 Å². The number of amides is 1. The molecule has 0 aromatic heterocycles. The van der Waals surface area contributed by atoms with E-state index in [1.165, 1.54) is 19.3 Å². The number of alkyl carbamates (subject to hydrolysis) is 1. The second-order valence-electron chi connectivity index (χ2n) is 4.56. The lowest BCUT2D eigenvalue weighted by atomic mass is 9.84. The van der Waals surface area contributed by atoms with E-state index in [1.54, 1.807) is 6.92 Å². The van der Waals surface area contributed by atoms with Gasteiger partial charge in [-0.1, -0.05) is 44.3 Å². The molecule has 0 heterocycles. The molecule has 1 rings (SSSR count). The van der Waals surface area contributed by atoms with E-state index in [0.29, 0.717) is 11.6 Å². The first-order chi connectivity index (χ1) is 8.10. The maximum atomic E-state index is 11.6. The minimum absolute atomic E-state index is 0.360. The number of nitrogens with two attached hydrogens (primary N) is 1. The number of hydrogen-bond acceptors (Lipinski definition) is 3. The molecule has 1 fully saturated rings. The van der Waals surface area contributed by atoms with E-state index < -0.39 is 11.6 Å². The Kier molecular flexibility index (Phi) is 5.68. The van der Waals surface area contributed by atoms with E-state index in [9.17, 15) is 4.79 Å². The van der Waals surface area contributed by atoms with Gasteiger partial charge in [-0.15, -0.1) is 0 Å². The third-order valence-corrected chi connectivity index (χ3v) is 3.69. The summed E-state index contributed by atoms with van der Waals surface area (Å²) >= 11 is 5.14. The summed E-state index contributed by atoms with van der Waals surface area (Å²) in [5.41, 5.74) is 5.29. The summed E-state index contributed by atoms with van der Waals surface area (Å²) in [6.07, 6.45) is 6.92. The molecule has 1 aliphatic rings. The summed E-state index contributed by atoms with van der Waals surface area (Å²) in [7, 11) is 0. The molecule has 1 saturated carbocycles. The van der Waals surface area contributed by atoms with E-state index in [2.05, 4.69) is 5.32 Å². The summed E-state index contributed by atoms with van der Waals surface area (Å²) in [4.78, 5) is 12.0. The van der Waals surface area contributed by atoms with Crippen molar-refractivity contribution < 1.29 is 9.53 Å². The number of hydrogen-bond donors (Lipinski definition) is 2. The standard InChI is InChI=1S/C12H22N2O2S/c1-2-16-11(15)14-12(10(13)17)8-6-4-3-5-7-9-12/h2-9H2,1H3,(H2,13,17)(H,14,15). The number of carbonyl (C=O) groups excluding carboxylic acids is 1. The van der Waals surface area contributed by atoms with Gasteiger partial charge in [0.05, 0.1) is 17.1 Å². The highest BCUT2D eigenvalue weighted by atomic mass is 32.1. The Morgan fingerprint density at radius 3 is 2.29 bits per heavy atom. The van der Waals surface area contributed by atoms with Crippen molar-refractivity contribution >= 4 is 23.3 Å². The average molecular weight is 258 g/mol. The van der Waals surface area contributed by atoms with E-state index in [4.69, 9.17) is 22.7 Å². The second-order valence-corrected chi connectivity index (χ2v) is 5.00. The Hall–Kier alpha value is -0.840. The van der Waals surface area contributed by atoms with Crippen molar-refractivity contribution in [2.24, 2.45) is 5.73 Å². The fourth-order valence-corrected chi connectivity index (χ4v) is 2.56. The molecule has 4 nitrogen and oxygen atoms in total. The van der Waals surface area contributed by atoms with Gasteiger partial charge in [0.2, 0.25) is 0 Å². The molecule has 1 aliphatic carbocycles. The number of ether oxygens (including phenoxy) is 1. The van der Waals surface area contributed by atoms with E-state index >= 15 is 0 Å². The molecule has 0 bridgehead atoms. The van der Waals surface area contributed by atoms with E-state index in [-0.39, 0.29) is 0 Å². The quantitative estimate of drug-likeness (QED) is 0.763. The number of carbonyl (C=O) groups is 1. The summed E-state index contributed by atoms with van der Waals surface area (Å²) in [5.74, 6) is 0. The predicted molar refractivity (Wildman–Crippen MR) is 72.0 cm³/mol. The van der Waals surface area contributed by atoms with Crippen LogP contribution in [-0.4, -0.2) is 23.2 Å². The molecule has 0 aromatic carbocycles. The average Bonchev–Trinajstić information content (AvgIpc) is 2.22. The number of nitrogens with one attached hydrogen (secondary N) is 1. The van der Waals surface area contributed by atoms with E-state index in [0.717, 1.165) is 25.7 Å². The molecular formula is C12H22N2O2S. The van der Waals surface area contributed by atoms with Crippen molar-refractivity contribution in [2.45, 2.75) is 57.4 Å². The summed E-state index contributed by atoms with van der Waals surface area (Å²) in [6.45, 7) is 2.14. The molecule has 5 heteroatoms. The number of rotatable bonds is 3. The fraction of sp³-hybridized carbons (Fsp3) is 0.833. The SMILES string of the molecule is CCOC(=O)NC1(C(N)=S)CCCCCCC1. The van der Waals surface area contributed by atoms with Crippen LogP contribution in [0.15, 0.2) is 0 Å². The van der Waals surface area contributed by atoms with Gasteiger partial charge in [-0.05, 0) is 19.8 Å². The van der Waals surface area contributed by atoms with Crippen molar-refractivity contribution in [3.05, 3.63) is 0 Å². The molecule has 0 radical (unpaired) electrons. The fourth-order valence-electron chi connectivity index (χ4n) is 2.30. The van der Waals surface area contributed by atoms with Crippen LogP contribution < -0.4 is 11.1 Å². The highest BCUT2D eigenvalue weighted by molar-refractivity contribution is 7.80. The molecule has 0 unspecified atom stereocenters. The third-order valence-electron chi connectivity index (χ3n) is 3.30. The normalized spacial score (nSPS) is 19.8. The molecule has 3 N–H and O–H groups in total. The van der Waals surface area contributed by atoms with Gasteiger partial charge in [-0.25, -0.2) is 4.79 Å². The maximum Gasteiger partial charge on any atom is 0.407 e. The molecule has 98 valence electrons. The zero-order valence-electron chi connectivity index (χ0n) is 10.5. The van der Waals surface area contributed by atoms with Crippen LogP contribution in [0.2, 0.25) is 0 Å². The lowest BCUT2D eigenvalue weighted by molar-refractivity contribution is 0.141. The van der Waals surface area contributed by atoms with Crippen LogP contribution in [0, 0.1) is 0 Å². The third kappa shape index (κ3) is 4.15. The smallest absolute Gasteiger partial charge is 0.407 e. The Morgan fingerprint density at radius 2 is 1.82 bits per heavy atom. The monoisotopic (exact) mass is 258 g/mol. The molecule has 0 saturated heterocycles. The highest BCUT2D eigenvalue weighted by Crippen LogP contribution is 2.27. The Labute approximate surface area is 108 Å². The maximum absolute atomic E-state index is 11.6. The Bertz CT molecular complexity index is 274. The minimum atomic E-state index is -0.540. The van der Waals surface area contributed by atoms with Gasteiger partial charge in [0, 0.05) is 0 Å². The van der Waals surface area contributed by atoms with Gasteiger partial charge in [-0.2, -0.15) is 0 Å². The molecule has 0 spiro atoms. The van der Waals surface area contributed by atoms with Crippen LogP contribution in [-0.2, 0) is 4.74 Å². The Morgan fingerprint density at radius 1 is 1.29 bits per heavy atom. The van der Waals surface area contributed by atoms with Crippen LogP contribution >= 0.6 is 12.2 Å². The highest BCUT2D eigenvalue weighted by Gasteiger charge is 2.35. The first kappa shape index (κ1) is 14.2. The Balaban J connectivity index is 2.71. The van der Waals surface area contributed by atoms with Crippen molar-refractivity contribution in [3.63, 3.8) is 0 Å². The molecule has 0 atom stereocenters. The van der Waals surface area contributed by atoms with Crippen LogP contribution in [0.4, 0.5) is 4.79 Å². The summed E-state index contributed by atoms with van der Waals surface area (Å²) in [5, 5.41) is 2.87. The van der Waals surface area contributed by atoms with Gasteiger partial charge in [0.15, 0.2) is 0 Å². The van der Waals surface area contributed by atoms with Crippen LogP contribution in [0.5, 0.6) is 0 Å². The van der Waals surface area contributed by atoms with Crippen molar-refractivity contribution in [3.8, 4) is 0 Å². The first-order valence-electron chi connectivity index (χ1n) is 6.35. The molecular weight excluding hydrogens is 236 g/mol. The first-order valence-corrected chi connectivity index (χ1v) is 6.76. The number of thiocarbonyl (C=S) groups is 1. The zero-order valence-corrected chi connectivity index (χ0v) is 11.3.